The first-order valence-corrected chi connectivity index (χ1v) is 8.15. The number of nitrogens with two attached hydrogens (primary N) is 1. The molecule has 0 saturated carbocycles. The fraction of sp³-hybridized carbons (Fsp3) is 0.308. The molecule has 0 fully saturated rings. The molecule has 21 heavy (non-hydrogen) atoms. The SMILES string of the molecule is Cc1c(S(=O)(=O)NC(C)c2cccc(Cl)c2)c(N)nn1C. The van der Waals surface area contributed by atoms with Crippen LogP contribution in [-0.2, 0) is 17.1 Å². The highest BCUT2D eigenvalue weighted by Crippen LogP contribution is 2.24. The van der Waals surface area contributed by atoms with Crippen molar-refractivity contribution in [3.05, 3.63) is 40.5 Å². The standard InChI is InChI=1S/C13H17ClN4O2S/c1-8(10-5-4-6-11(14)7-10)17-21(19,20)12-9(2)18(3)16-13(12)15/h4-8,17H,1-3H3,(H2,15,16). The quantitative estimate of drug-likeness (QED) is 0.898. The van der Waals surface area contributed by atoms with Crippen LogP contribution in [0.4, 0.5) is 5.82 Å². The Morgan fingerprint density at radius 2 is 2.10 bits per heavy atom. The second-order valence-electron chi connectivity index (χ2n) is 4.82. The maximum absolute atomic E-state index is 12.5. The molecule has 8 heteroatoms. The molecule has 1 heterocycles. The lowest BCUT2D eigenvalue weighted by atomic mass is 10.1. The van der Waals surface area contributed by atoms with Gasteiger partial charge in [-0.25, -0.2) is 13.1 Å². The van der Waals surface area contributed by atoms with Crippen molar-refractivity contribution in [2.24, 2.45) is 7.05 Å². The van der Waals surface area contributed by atoms with E-state index in [0.29, 0.717) is 10.7 Å². The van der Waals surface area contributed by atoms with Crippen molar-refractivity contribution in [3.63, 3.8) is 0 Å². The number of nitrogens with one attached hydrogen (secondary N) is 1. The lowest BCUT2D eigenvalue weighted by Gasteiger charge is -2.15. The molecule has 1 atom stereocenters. The second kappa shape index (κ2) is 5.67. The summed E-state index contributed by atoms with van der Waals surface area (Å²) in [6.45, 7) is 3.40. The van der Waals surface area contributed by atoms with Crippen molar-refractivity contribution in [3.8, 4) is 0 Å². The zero-order valence-corrected chi connectivity index (χ0v) is 13.5. The van der Waals surface area contributed by atoms with Gasteiger partial charge in [0.2, 0.25) is 10.0 Å². The maximum atomic E-state index is 12.5. The molecule has 1 aromatic carbocycles. The molecular weight excluding hydrogens is 312 g/mol. The first kappa shape index (κ1) is 15.8. The van der Waals surface area contributed by atoms with E-state index >= 15 is 0 Å². The van der Waals surface area contributed by atoms with Gasteiger partial charge in [-0.15, -0.1) is 0 Å². The van der Waals surface area contributed by atoms with Crippen molar-refractivity contribution in [2.45, 2.75) is 24.8 Å². The molecule has 114 valence electrons. The molecule has 1 unspecified atom stereocenters. The molecule has 0 saturated heterocycles. The molecule has 3 N–H and O–H groups in total. The molecule has 0 spiro atoms. The number of hydrogen-bond acceptors (Lipinski definition) is 4. The van der Waals surface area contributed by atoms with E-state index in [1.165, 1.54) is 4.68 Å². The monoisotopic (exact) mass is 328 g/mol. The average molecular weight is 329 g/mol. The smallest absolute Gasteiger partial charge is 0.246 e. The summed E-state index contributed by atoms with van der Waals surface area (Å²) < 4.78 is 29.0. The van der Waals surface area contributed by atoms with Crippen LogP contribution in [0.3, 0.4) is 0 Å². The number of halogens is 1. The second-order valence-corrected chi connectivity index (χ2v) is 6.91. The van der Waals surface area contributed by atoms with E-state index in [1.54, 1.807) is 45.2 Å². The fourth-order valence-electron chi connectivity index (χ4n) is 2.08. The largest absolute Gasteiger partial charge is 0.381 e. The van der Waals surface area contributed by atoms with E-state index in [-0.39, 0.29) is 10.7 Å². The van der Waals surface area contributed by atoms with Crippen molar-refractivity contribution >= 4 is 27.4 Å². The molecule has 1 aromatic heterocycles. The Morgan fingerprint density at radius 3 is 2.62 bits per heavy atom. The van der Waals surface area contributed by atoms with Crippen LogP contribution in [0.5, 0.6) is 0 Å². The molecule has 2 aromatic rings. The zero-order chi connectivity index (χ0) is 15.8. The third-order valence-corrected chi connectivity index (χ3v) is 5.19. The Labute approximate surface area is 129 Å². The van der Waals surface area contributed by atoms with Crippen LogP contribution in [-0.4, -0.2) is 18.2 Å². The van der Waals surface area contributed by atoms with Gasteiger partial charge < -0.3 is 5.73 Å². The van der Waals surface area contributed by atoms with Crippen molar-refractivity contribution in [2.75, 3.05) is 5.73 Å². The van der Waals surface area contributed by atoms with E-state index in [4.69, 9.17) is 17.3 Å². The molecule has 6 nitrogen and oxygen atoms in total. The molecule has 0 aliphatic heterocycles. The number of anilines is 1. The van der Waals surface area contributed by atoms with Gasteiger partial charge in [0.1, 0.15) is 4.90 Å². The van der Waals surface area contributed by atoms with Gasteiger partial charge >= 0.3 is 0 Å². The van der Waals surface area contributed by atoms with Crippen LogP contribution in [0.1, 0.15) is 24.2 Å². The molecule has 0 aliphatic rings. The van der Waals surface area contributed by atoms with E-state index in [1.807, 2.05) is 0 Å². The van der Waals surface area contributed by atoms with Gasteiger partial charge in [0.25, 0.3) is 0 Å². The highest BCUT2D eigenvalue weighted by molar-refractivity contribution is 7.89. The number of nitrogen functional groups attached to an aromatic ring is 1. The molecule has 0 amide bonds. The summed E-state index contributed by atoms with van der Waals surface area (Å²) in [7, 11) is -2.12. The van der Waals surface area contributed by atoms with Crippen LogP contribution in [0.2, 0.25) is 5.02 Å². The van der Waals surface area contributed by atoms with Crippen molar-refractivity contribution in [1.82, 2.24) is 14.5 Å². The third-order valence-electron chi connectivity index (χ3n) is 3.25. The number of sulfonamides is 1. The van der Waals surface area contributed by atoms with Gasteiger partial charge in [-0.3, -0.25) is 4.68 Å². The molecule has 0 aliphatic carbocycles. The summed E-state index contributed by atoms with van der Waals surface area (Å²) in [6, 6.07) is 6.58. The van der Waals surface area contributed by atoms with Gasteiger partial charge in [-0.05, 0) is 31.5 Å². The number of nitrogens with zero attached hydrogens (tertiary/aromatic N) is 2. The number of aryl methyl sites for hydroxylation is 1. The first-order chi connectivity index (χ1) is 9.72. The Kier molecular flexibility index (Phi) is 4.27. The van der Waals surface area contributed by atoms with Crippen LogP contribution in [0.15, 0.2) is 29.2 Å². The molecule has 0 radical (unpaired) electrons. The molecule has 0 bridgehead atoms. The van der Waals surface area contributed by atoms with Crippen molar-refractivity contribution in [1.29, 1.82) is 0 Å². The molecule has 2 rings (SSSR count). The Hall–Kier alpha value is -1.57. The predicted molar refractivity (Wildman–Crippen MR) is 82.5 cm³/mol. The van der Waals surface area contributed by atoms with Crippen LogP contribution in [0.25, 0.3) is 0 Å². The highest BCUT2D eigenvalue weighted by Gasteiger charge is 2.26. The minimum absolute atomic E-state index is 0.0129. The summed E-state index contributed by atoms with van der Waals surface area (Å²) in [5.41, 5.74) is 6.95. The average Bonchev–Trinajstić information content (AvgIpc) is 2.63. The van der Waals surface area contributed by atoms with Crippen LogP contribution in [0, 0.1) is 6.92 Å². The van der Waals surface area contributed by atoms with Crippen molar-refractivity contribution < 1.29 is 8.42 Å². The lowest BCUT2D eigenvalue weighted by molar-refractivity contribution is 0.566. The van der Waals surface area contributed by atoms with Crippen LogP contribution < -0.4 is 10.5 Å². The summed E-state index contributed by atoms with van der Waals surface area (Å²) >= 11 is 5.92. The normalized spacial score (nSPS) is 13.3. The minimum atomic E-state index is -3.76. The van der Waals surface area contributed by atoms with Crippen LogP contribution >= 0.6 is 11.6 Å². The topological polar surface area (TPSA) is 90.0 Å². The summed E-state index contributed by atoms with van der Waals surface area (Å²) in [6.07, 6.45) is 0. The van der Waals surface area contributed by atoms with Gasteiger partial charge in [0.05, 0.1) is 5.69 Å². The summed E-state index contributed by atoms with van der Waals surface area (Å²) in [4.78, 5) is 0.0129. The third kappa shape index (κ3) is 3.20. The predicted octanol–water partition coefficient (Wildman–Crippen LogP) is 2.00. The number of aromatic nitrogens is 2. The number of benzene rings is 1. The Balaban J connectivity index is 2.33. The Bertz CT molecular complexity index is 770. The van der Waals surface area contributed by atoms with E-state index in [0.717, 1.165) is 5.56 Å². The Morgan fingerprint density at radius 1 is 1.43 bits per heavy atom. The van der Waals surface area contributed by atoms with Gasteiger partial charge in [0.15, 0.2) is 5.82 Å². The van der Waals surface area contributed by atoms with Gasteiger partial charge in [-0.1, -0.05) is 23.7 Å². The maximum Gasteiger partial charge on any atom is 0.246 e. The lowest BCUT2D eigenvalue weighted by Crippen LogP contribution is -2.27. The van der Waals surface area contributed by atoms with Gasteiger partial charge in [-0.2, -0.15) is 5.10 Å². The zero-order valence-electron chi connectivity index (χ0n) is 12.0. The molecular formula is C13H17ClN4O2S. The summed E-state index contributed by atoms with van der Waals surface area (Å²) in [5, 5.41) is 4.48. The van der Waals surface area contributed by atoms with Gasteiger partial charge in [0, 0.05) is 18.1 Å². The number of hydrogen-bond donors (Lipinski definition) is 2. The minimum Gasteiger partial charge on any atom is -0.381 e. The number of rotatable bonds is 4. The van der Waals surface area contributed by atoms with E-state index in [9.17, 15) is 8.42 Å². The van der Waals surface area contributed by atoms with E-state index in [2.05, 4.69) is 9.82 Å². The summed E-state index contributed by atoms with van der Waals surface area (Å²) in [5.74, 6) is -0.0132. The first-order valence-electron chi connectivity index (χ1n) is 6.29. The fourth-order valence-corrected chi connectivity index (χ4v) is 3.84. The van der Waals surface area contributed by atoms with E-state index < -0.39 is 16.1 Å². The highest BCUT2D eigenvalue weighted by atomic mass is 35.5.